The lowest BCUT2D eigenvalue weighted by Gasteiger charge is -2.09. The largest absolute Gasteiger partial charge is 0.490 e. The Bertz CT molecular complexity index is 552. The highest BCUT2D eigenvalue weighted by Gasteiger charge is 1.98. The number of aliphatic hydroxyl groups excluding tert-OH is 1. The maximum Gasteiger partial charge on any atom is 0.122 e. The van der Waals surface area contributed by atoms with Gasteiger partial charge >= 0.3 is 0 Å². The van der Waals surface area contributed by atoms with Crippen LogP contribution in [-0.2, 0) is 13.0 Å². The zero-order chi connectivity index (χ0) is 16.3. The molecule has 0 aliphatic rings. The molecule has 2 aromatic rings. The van der Waals surface area contributed by atoms with Crippen molar-refractivity contribution in [1.29, 1.82) is 0 Å². The molecule has 4 heteroatoms. The number of ether oxygens (including phenoxy) is 2. The van der Waals surface area contributed by atoms with Crippen molar-refractivity contribution >= 4 is 0 Å². The van der Waals surface area contributed by atoms with Crippen molar-refractivity contribution in [2.24, 2.45) is 0 Å². The second-order valence-corrected chi connectivity index (χ2v) is 5.24. The molecule has 4 nitrogen and oxygen atoms in total. The van der Waals surface area contributed by atoms with Crippen molar-refractivity contribution in [3.63, 3.8) is 0 Å². The molecule has 0 unspecified atom stereocenters. The molecule has 0 atom stereocenters. The summed E-state index contributed by atoms with van der Waals surface area (Å²) < 4.78 is 11.3. The number of nitrogens with one attached hydrogen (secondary N) is 1. The fourth-order valence-electron chi connectivity index (χ4n) is 2.16. The van der Waals surface area contributed by atoms with Gasteiger partial charge in [0.15, 0.2) is 0 Å². The normalized spacial score (nSPS) is 10.5. The molecule has 0 aliphatic carbocycles. The van der Waals surface area contributed by atoms with Gasteiger partial charge in [0.05, 0.1) is 6.61 Å². The first-order chi connectivity index (χ1) is 11.3. The molecule has 0 saturated carbocycles. The molecule has 0 saturated heterocycles. The van der Waals surface area contributed by atoms with Crippen molar-refractivity contribution in [1.82, 2.24) is 5.32 Å². The second-order valence-electron chi connectivity index (χ2n) is 5.24. The smallest absolute Gasteiger partial charge is 0.122 e. The Kier molecular flexibility index (Phi) is 7.43. The third-order valence-electron chi connectivity index (χ3n) is 3.49. The van der Waals surface area contributed by atoms with Gasteiger partial charge in [0.25, 0.3) is 0 Å². The topological polar surface area (TPSA) is 50.7 Å². The van der Waals surface area contributed by atoms with E-state index in [1.54, 1.807) is 0 Å². The highest BCUT2D eigenvalue weighted by atomic mass is 16.5. The molecule has 0 radical (unpaired) electrons. The van der Waals surface area contributed by atoms with Crippen molar-refractivity contribution < 1.29 is 14.6 Å². The van der Waals surface area contributed by atoms with Crippen LogP contribution in [0.2, 0.25) is 0 Å². The van der Waals surface area contributed by atoms with Crippen LogP contribution in [0, 0.1) is 0 Å². The van der Waals surface area contributed by atoms with E-state index in [-0.39, 0.29) is 6.61 Å². The number of hydrogen-bond donors (Lipinski definition) is 2. The van der Waals surface area contributed by atoms with E-state index in [2.05, 4.69) is 24.4 Å². The predicted octanol–water partition coefficient (Wildman–Crippen LogP) is 2.79. The summed E-state index contributed by atoms with van der Waals surface area (Å²) in [5, 5.41) is 11.9. The molecule has 0 heterocycles. The van der Waals surface area contributed by atoms with Crippen LogP contribution >= 0.6 is 0 Å². The van der Waals surface area contributed by atoms with Gasteiger partial charge < -0.3 is 19.9 Å². The number of aliphatic hydroxyl groups is 1. The first-order valence-electron chi connectivity index (χ1n) is 8.07. The van der Waals surface area contributed by atoms with E-state index in [0.717, 1.165) is 30.0 Å². The monoisotopic (exact) mass is 315 g/mol. The van der Waals surface area contributed by atoms with E-state index >= 15 is 0 Å². The maximum atomic E-state index is 8.72. The molecular weight excluding hydrogens is 290 g/mol. The first kappa shape index (κ1) is 17.3. The Hall–Kier alpha value is -2.04. The van der Waals surface area contributed by atoms with Crippen molar-refractivity contribution in [3.8, 4) is 11.5 Å². The third kappa shape index (κ3) is 6.30. The minimum absolute atomic E-state index is 0.155. The lowest BCUT2D eigenvalue weighted by Crippen LogP contribution is -2.17. The maximum absolute atomic E-state index is 8.72. The summed E-state index contributed by atoms with van der Waals surface area (Å²) in [5.74, 6) is 1.71. The van der Waals surface area contributed by atoms with Gasteiger partial charge in [0.1, 0.15) is 24.7 Å². The molecule has 0 spiro atoms. The molecule has 0 fully saturated rings. The SMILES string of the molecule is CCc1ccc(OCCOc2ccc(CNCCO)cc2)cc1. The van der Waals surface area contributed by atoms with E-state index < -0.39 is 0 Å². The van der Waals surface area contributed by atoms with E-state index in [1.807, 2.05) is 36.4 Å². The summed E-state index contributed by atoms with van der Waals surface area (Å²) in [6, 6.07) is 16.1. The van der Waals surface area contributed by atoms with Gasteiger partial charge in [-0.05, 0) is 41.8 Å². The number of rotatable bonds is 10. The van der Waals surface area contributed by atoms with Crippen LogP contribution in [-0.4, -0.2) is 31.5 Å². The zero-order valence-corrected chi connectivity index (χ0v) is 13.6. The van der Waals surface area contributed by atoms with Crippen LogP contribution < -0.4 is 14.8 Å². The van der Waals surface area contributed by atoms with Gasteiger partial charge in [-0.1, -0.05) is 31.2 Å². The lowest BCUT2D eigenvalue weighted by molar-refractivity contribution is 0.217. The standard InChI is InChI=1S/C19H25NO3/c1-2-16-3-7-18(8-4-16)22-13-14-23-19-9-5-17(6-10-19)15-20-11-12-21/h3-10,20-21H,2,11-15H2,1H3. The summed E-state index contributed by atoms with van der Waals surface area (Å²) >= 11 is 0. The highest BCUT2D eigenvalue weighted by Crippen LogP contribution is 2.14. The molecule has 2 rings (SSSR count). The summed E-state index contributed by atoms with van der Waals surface area (Å²) in [7, 11) is 0. The van der Waals surface area contributed by atoms with E-state index in [1.165, 1.54) is 5.56 Å². The number of aryl methyl sites for hydroxylation is 1. The molecule has 23 heavy (non-hydrogen) atoms. The van der Waals surface area contributed by atoms with Gasteiger partial charge in [-0.25, -0.2) is 0 Å². The predicted molar refractivity (Wildman–Crippen MR) is 92.0 cm³/mol. The summed E-state index contributed by atoms with van der Waals surface area (Å²) in [5.41, 5.74) is 2.47. The van der Waals surface area contributed by atoms with Gasteiger partial charge in [-0.15, -0.1) is 0 Å². The van der Waals surface area contributed by atoms with Gasteiger partial charge in [0.2, 0.25) is 0 Å². The molecular formula is C19H25NO3. The van der Waals surface area contributed by atoms with E-state index in [4.69, 9.17) is 14.6 Å². The average Bonchev–Trinajstić information content (AvgIpc) is 2.61. The van der Waals surface area contributed by atoms with E-state index in [9.17, 15) is 0 Å². The minimum Gasteiger partial charge on any atom is -0.490 e. The van der Waals surface area contributed by atoms with Gasteiger partial charge in [0, 0.05) is 13.1 Å². The van der Waals surface area contributed by atoms with Crippen molar-refractivity contribution in [2.45, 2.75) is 19.9 Å². The van der Waals surface area contributed by atoms with Crippen molar-refractivity contribution in [2.75, 3.05) is 26.4 Å². The van der Waals surface area contributed by atoms with Crippen LogP contribution in [0.5, 0.6) is 11.5 Å². The zero-order valence-electron chi connectivity index (χ0n) is 13.6. The number of hydrogen-bond acceptors (Lipinski definition) is 4. The first-order valence-corrected chi connectivity index (χ1v) is 8.07. The van der Waals surface area contributed by atoms with E-state index in [0.29, 0.717) is 19.8 Å². The Labute approximate surface area is 138 Å². The van der Waals surface area contributed by atoms with Crippen LogP contribution in [0.25, 0.3) is 0 Å². The minimum atomic E-state index is 0.155. The fraction of sp³-hybridized carbons (Fsp3) is 0.368. The summed E-state index contributed by atoms with van der Waals surface area (Å²) in [6.45, 7) is 4.68. The molecule has 124 valence electrons. The van der Waals surface area contributed by atoms with Crippen LogP contribution in [0.15, 0.2) is 48.5 Å². The molecule has 0 bridgehead atoms. The van der Waals surface area contributed by atoms with Crippen LogP contribution in [0.1, 0.15) is 18.1 Å². The quantitative estimate of drug-likeness (QED) is 0.662. The van der Waals surface area contributed by atoms with Gasteiger partial charge in [-0.2, -0.15) is 0 Å². The highest BCUT2D eigenvalue weighted by molar-refractivity contribution is 5.28. The Morgan fingerprint density at radius 3 is 1.83 bits per heavy atom. The molecule has 2 N–H and O–H groups in total. The molecule has 2 aromatic carbocycles. The Morgan fingerprint density at radius 2 is 1.35 bits per heavy atom. The second kappa shape index (κ2) is 9.87. The summed E-state index contributed by atoms with van der Waals surface area (Å²) in [6.07, 6.45) is 1.04. The summed E-state index contributed by atoms with van der Waals surface area (Å²) in [4.78, 5) is 0. The van der Waals surface area contributed by atoms with Crippen LogP contribution in [0.3, 0.4) is 0 Å². The molecule has 0 amide bonds. The lowest BCUT2D eigenvalue weighted by atomic mass is 10.2. The van der Waals surface area contributed by atoms with Crippen molar-refractivity contribution in [3.05, 3.63) is 59.7 Å². The molecule has 0 aliphatic heterocycles. The van der Waals surface area contributed by atoms with Gasteiger partial charge in [-0.3, -0.25) is 0 Å². The average molecular weight is 315 g/mol. The fourth-order valence-corrected chi connectivity index (χ4v) is 2.16. The Balaban J connectivity index is 1.67. The molecule has 0 aromatic heterocycles. The third-order valence-corrected chi connectivity index (χ3v) is 3.49. The Morgan fingerprint density at radius 1 is 0.826 bits per heavy atom. The van der Waals surface area contributed by atoms with Crippen LogP contribution in [0.4, 0.5) is 0 Å². The number of benzene rings is 2.